The predicted octanol–water partition coefficient (Wildman–Crippen LogP) is 1.53. The third kappa shape index (κ3) is 1.61. The highest BCUT2D eigenvalue weighted by atomic mass is 16.5. The van der Waals surface area contributed by atoms with Gasteiger partial charge < -0.3 is 4.74 Å². The molecular formula is C9H12N2O. The summed E-state index contributed by atoms with van der Waals surface area (Å²) in [6.07, 6.45) is 3.45. The van der Waals surface area contributed by atoms with E-state index in [0.717, 1.165) is 17.0 Å². The van der Waals surface area contributed by atoms with Gasteiger partial charge >= 0.3 is 0 Å². The van der Waals surface area contributed by atoms with Crippen molar-refractivity contribution in [2.75, 3.05) is 14.2 Å². The summed E-state index contributed by atoms with van der Waals surface area (Å²) in [6, 6.07) is 1.82. The second-order valence-electron chi connectivity index (χ2n) is 2.38. The van der Waals surface area contributed by atoms with Crippen LogP contribution in [0.3, 0.4) is 0 Å². The molecule has 0 atom stereocenters. The Labute approximate surface area is 72.1 Å². The fourth-order valence-electron chi connectivity index (χ4n) is 0.952. The lowest BCUT2D eigenvalue weighted by molar-refractivity contribution is 0.413. The van der Waals surface area contributed by atoms with Gasteiger partial charge in [-0.25, -0.2) is 0 Å². The van der Waals surface area contributed by atoms with Gasteiger partial charge in [0, 0.05) is 25.2 Å². The third-order valence-electron chi connectivity index (χ3n) is 1.73. The molecule has 0 amide bonds. The second-order valence-corrected chi connectivity index (χ2v) is 2.38. The zero-order chi connectivity index (χ0) is 8.97. The van der Waals surface area contributed by atoms with Crippen LogP contribution in [0.15, 0.2) is 23.5 Å². The Kier molecular flexibility index (Phi) is 2.80. The molecule has 3 heteroatoms. The predicted molar refractivity (Wildman–Crippen MR) is 48.9 cm³/mol. The Hall–Kier alpha value is -1.38. The first-order valence-corrected chi connectivity index (χ1v) is 3.71. The van der Waals surface area contributed by atoms with Crippen LogP contribution >= 0.6 is 0 Å². The number of rotatable bonds is 2. The molecule has 0 aliphatic rings. The van der Waals surface area contributed by atoms with Gasteiger partial charge in [0.1, 0.15) is 5.75 Å². The van der Waals surface area contributed by atoms with Crippen LogP contribution in [0.2, 0.25) is 0 Å². The largest absolute Gasteiger partial charge is 0.496 e. The molecule has 0 bridgehead atoms. The Morgan fingerprint density at radius 1 is 1.58 bits per heavy atom. The quantitative estimate of drug-likeness (QED) is 0.621. The van der Waals surface area contributed by atoms with Crippen LogP contribution in [0.1, 0.15) is 12.5 Å². The van der Waals surface area contributed by atoms with Gasteiger partial charge in [-0.2, -0.15) is 0 Å². The summed E-state index contributed by atoms with van der Waals surface area (Å²) < 4.78 is 5.15. The van der Waals surface area contributed by atoms with Crippen LogP contribution in [-0.2, 0) is 0 Å². The maximum absolute atomic E-state index is 5.15. The van der Waals surface area contributed by atoms with Gasteiger partial charge in [-0.3, -0.25) is 9.98 Å². The van der Waals surface area contributed by atoms with Gasteiger partial charge in [0.2, 0.25) is 0 Å². The van der Waals surface area contributed by atoms with Gasteiger partial charge in [-0.1, -0.05) is 0 Å². The van der Waals surface area contributed by atoms with E-state index in [9.17, 15) is 0 Å². The molecule has 12 heavy (non-hydrogen) atoms. The molecule has 0 fully saturated rings. The number of pyridine rings is 1. The molecule has 0 unspecified atom stereocenters. The number of aromatic nitrogens is 1. The minimum atomic E-state index is 0.813. The summed E-state index contributed by atoms with van der Waals surface area (Å²) in [4.78, 5) is 8.07. The summed E-state index contributed by atoms with van der Waals surface area (Å²) in [7, 11) is 3.39. The van der Waals surface area contributed by atoms with Gasteiger partial charge in [-0.15, -0.1) is 0 Å². The molecular weight excluding hydrogens is 152 g/mol. The lowest BCUT2D eigenvalue weighted by Crippen LogP contribution is -1.99. The molecule has 1 rings (SSSR count). The van der Waals surface area contributed by atoms with Gasteiger partial charge in [0.05, 0.1) is 12.7 Å². The summed E-state index contributed by atoms with van der Waals surface area (Å²) >= 11 is 0. The minimum Gasteiger partial charge on any atom is -0.496 e. The van der Waals surface area contributed by atoms with Crippen molar-refractivity contribution in [1.82, 2.24) is 4.98 Å². The standard InChI is InChI=1S/C9H12N2O/c1-7(10-2)8-6-11-5-4-9(8)12-3/h4-6H,1-3H3. The van der Waals surface area contributed by atoms with Crippen molar-refractivity contribution in [3.8, 4) is 5.75 Å². The first-order valence-electron chi connectivity index (χ1n) is 3.71. The molecule has 0 saturated heterocycles. The van der Waals surface area contributed by atoms with Crippen molar-refractivity contribution in [2.45, 2.75) is 6.92 Å². The molecule has 0 spiro atoms. The van der Waals surface area contributed by atoms with Crippen molar-refractivity contribution in [2.24, 2.45) is 4.99 Å². The van der Waals surface area contributed by atoms with E-state index in [1.807, 2.05) is 13.0 Å². The van der Waals surface area contributed by atoms with Crippen molar-refractivity contribution >= 4 is 5.71 Å². The van der Waals surface area contributed by atoms with E-state index in [4.69, 9.17) is 4.74 Å². The Morgan fingerprint density at radius 3 is 2.92 bits per heavy atom. The normalized spacial score (nSPS) is 11.4. The molecule has 1 aromatic heterocycles. The molecule has 0 radical (unpaired) electrons. The molecule has 64 valence electrons. The van der Waals surface area contributed by atoms with E-state index in [-0.39, 0.29) is 0 Å². The van der Waals surface area contributed by atoms with Gasteiger partial charge in [-0.05, 0) is 13.0 Å². The van der Waals surface area contributed by atoms with E-state index in [0.29, 0.717) is 0 Å². The van der Waals surface area contributed by atoms with E-state index in [1.165, 1.54) is 0 Å². The van der Waals surface area contributed by atoms with E-state index < -0.39 is 0 Å². The Bertz CT molecular complexity index is 294. The highest BCUT2D eigenvalue weighted by Crippen LogP contribution is 2.16. The van der Waals surface area contributed by atoms with Crippen molar-refractivity contribution in [3.63, 3.8) is 0 Å². The lowest BCUT2D eigenvalue weighted by atomic mass is 10.2. The highest BCUT2D eigenvalue weighted by molar-refractivity contribution is 6.00. The van der Waals surface area contributed by atoms with Crippen molar-refractivity contribution in [1.29, 1.82) is 0 Å². The molecule has 0 saturated carbocycles. The number of hydrogen-bond acceptors (Lipinski definition) is 3. The van der Waals surface area contributed by atoms with Crippen molar-refractivity contribution < 1.29 is 4.74 Å². The van der Waals surface area contributed by atoms with Crippen LogP contribution in [0.4, 0.5) is 0 Å². The minimum absolute atomic E-state index is 0.813. The molecule has 0 aliphatic heterocycles. The SMILES string of the molecule is CN=C(C)c1cnccc1OC. The number of aliphatic imine (C=N–C) groups is 1. The molecule has 0 N–H and O–H groups in total. The zero-order valence-corrected chi connectivity index (χ0v) is 7.53. The maximum atomic E-state index is 5.15. The van der Waals surface area contributed by atoms with Gasteiger partial charge in [0.15, 0.2) is 0 Å². The Balaban J connectivity index is 3.13. The average molecular weight is 164 g/mol. The molecule has 1 aromatic rings. The number of ether oxygens (including phenoxy) is 1. The molecule has 0 aliphatic carbocycles. The summed E-state index contributed by atoms with van der Waals surface area (Å²) in [5.41, 5.74) is 1.88. The number of nitrogens with zero attached hydrogens (tertiary/aromatic N) is 2. The Morgan fingerprint density at radius 2 is 2.33 bits per heavy atom. The number of hydrogen-bond donors (Lipinski definition) is 0. The monoisotopic (exact) mass is 164 g/mol. The van der Waals surface area contributed by atoms with Crippen LogP contribution in [0.25, 0.3) is 0 Å². The first-order chi connectivity index (χ1) is 5.79. The van der Waals surface area contributed by atoms with Crippen molar-refractivity contribution in [3.05, 3.63) is 24.0 Å². The third-order valence-corrected chi connectivity index (χ3v) is 1.73. The van der Waals surface area contributed by atoms with Crippen LogP contribution < -0.4 is 4.74 Å². The van der Waals surface area contributed by atoms with Crippen LogP contribution in [-0.4, -0.2) is 24.9 Å². The van der Waals surface area contributed by atoms with E-state index >= 15 is 0 Å². The summed E-state index contributed by atoms with van der Waals surface area (Å²) in [5.74, 6) is 0.813. The number of methoxy groups -OCH3 is 1. The molecule has 1 heterocycles. The smallest absolute Gasteiger partial charge is 0.130 e. The zero-order valence-electron chi connectivity index (χ0n) is 7.53. The van der Waals surface area contributed by atoms with E-state index in [2.05, 4.69) is 9.98 Å². The topological polar surface area (TPSA) is 34.5 Å². The van der Waals surface area contributed by atoms with Gasteiger partial charge in [0.25, 0.3) is 0 Å². The highest BCUT2D eigenvalue weighted by Gasteiger charge is 2.03. The van der Waals surface area contributed by atoms with E-state index in [1.54, 1.807) is 26.6 Å². The fraction of sp³-hybridized carbons (Fsp3) is 0.333. The fourth-order valence-corrected chi connectivity index (χ4v) is 0.952. The second kappa shape index (κ2) is 3.85. The molecule has 3 nitrogen and oxygen atoms in total. The first kappa shape index (κ1) is 8.71. The van der Waals surface area contributed by atoms with Crippen LogP contribution in [0.5, 0.6) is 5.75 Å². The summed E-state index contributed by atoms with van der Waals surface area (Å²) in [5, 5.41) is 0. The van der Waals surface area contributed by atoms with Crippen LogP contribution in [0, 0.1) is 0 Å². The summed E-state index contributed by atoms with van der Waals surface area (Å²) in [6.45, 7) is 1.93. The molecule has 0 aromatic carbocycles. The lowest BCUT2D eigenvalue weighted by Gasteiger charge is -2.05. The maximum Gasteiger partial charge on any atom is 0.130 e. The average Bonchev–Trinajstić information content (AvgIpc) is 2.16.